The van der Waals surface area contributed by atoms with Gasteiger partial charge in [0.05, 0.1) is 5.57 Å². The molecule has 1 aliphatic carbocycles. The Morgan fingerprint density at radius 3 is 2.73 bits per heavy atom. The highest BCUT2D eigenvalue weighted by atomic mass is 16.5. The van der Waals surface area contributed by atoms with Crippen LogP contribution >= 0.6 is 0 Å². The first kappa shape index (κ1) is 14.7. The van der Waals surface area contributed by atoms with Gasteiger partial charge in [0.2, 0.25) is 5.91 Å². The number of amides is 1. The zero-order valence-electron chi connectivity index (χ0n) is 12.5. The second kappa shape index (κ2) is 5.50. The van der Waals surface area contributed by atoms with Crippen molar-refractivity contribution in [3.63, 3.8) is 0 Å². The number of hydrogen-bond donors (Lipinski definition) is 1. The molecule has 1 amide bonds. The van der Waals surface area contributed by atoms with Crippen LogP contribution in [0, 0.1) is 0 Å². The molecular weight excluding hydrogens is 282 g/mol. The molecule has 2 atom stereocenters. The number of fused-ring (bicyclic) bond motifs is 1. The Kier molecular flexibility index (Phi) is 3.66. The smallest absolute Gasteiger partial charge is 0.219 e. The van der Waals surface area contributed by atoms with Crippen molar-refractivity contribution in [2.24, 2.45) is 0 Å². The topological polar surface area (TPSA) is 72.5 Å². The lowest BCUT2D eigenvalue weighted by Gasteiger charge is -2.35. The van der Waals surface area contributed by atoms with E-state index in [0.29, 0.717) is 24.0 Å². The van der Waals surface area contributed by atoms with Gasteiger partial charge in [0.1, 0.15) is 6.10 Å². The van der Waals surface area contributed by atoms with E-state index in [1.165, 1.54) is 6.92 Å². The Bertz CT molecular complexity index is 704. The molecule has 0 saturated carbocycles. The molecule has 0 saturated heterocycles. The molecule has 0 radical (unpaired) electrons. The Morgan fingerprint density at radius 1 is 1.32 bits per heavy atom. The van der Waals surface area contributed by atoms with Crippen molar-refractivity contribution < 1.29 is 19.1 Å². The Labute approximate surface area is 128 Å². The number of nitrogens with one attached hydrogen (secondary N) is 1. The first-order valence-corrected chi connectivity index (χ1v) is 7.35. The molecule has 0 aromatic heterocycles. The zero-order valence-corrected chi connectivity index (χ0v) is 12.5. The summed E-state index contributed by atoms with van der Waals surface area (Å²) in [7, 11) is 0. The Hall–Kier alpha value is -2.27. The Balaban J connectivity index is 2.10. The minimum Gasteiger partial charge on any atom is -0.343 e. The van der Waals surface area contributed by atoms with E-state index in [0.717, 1.165) is 5.56 Å². The fraction of sp³-hybridized carbons (Fsp3) is 0.353. The van der Waals surface area contributed by atoms with Crippen molar-refractivity contribution in [1.82, 2.24) is 5.32 Å². The number of benzene rings is 1. The second-order valence-corrected chi connectivity index (χ2v) is 5.54. The van der Waals surface area contributed by atoms with Crippen LogP contribution in [0.5, 0.6) is 0 Å². The molecule has 22 heavy (non-hydrogen) atoms. The summed E-state index contributed by atoms with van der Waals surface area (Å²) in [6.45, 7) is 3.21. The summed E-state index contributed by atoms with van der Waals surface area (Å²) >= 11 is 0. The summed E-state index contributed by atoms with van der Waals surface area (Å²) in [6.07, 6.45) is -0.511. The number of rotatable bonds is 2. The molecule has 1 N–H and O–H groups in total. The molecule has 5 heteroatoms. The monoisotopic (exact) mass is 299 g/mol. The maximum absolute atomic E-state index is 12.7. The van der Waals surface area contributed by atoms with Crippen LogP contribution < -0.4 is 5.32 Å². The van der Waals surface area contributed by atoms with Crippen LogP contribution in [0.3, 0.4) is 0 Å². The van der Waals surface area contributed by atoms with E-state index < -0.39 is 12.3 Å². The third kappa shape index (κ3) is 2.27. The van der Waals surface area contributed by atoms with Crippen molar-refractivity contribution in [2.45, 2.75) is 39.0 Å². The highest BCUT2D eigenvalue weighted by molar-refractivity contribution is 6.29. The first-order chi connectivity index (χ1) is 10.5. The Morgan fingerprint density at radius 2 is 2.05 bits per heavy atom. The molecule has 1 aliphatic heterocycles. The summed E-state index contributed by atoms with van der Waals surface area (Å²) in [6, 6.07) is 7.23. The van der Waals surface area contributed by atoms with Crippen molar-refractivity contribution in [3.8, 4) is 0 Å². The van der Waals surface area contributed by atoms with Gasteiger partial charge in [-0.3, -0.25) is 14.4 Å². The van der Waals surface area contributed by atoms with Crippen molar-refractivity contribution >= 4 is 17.5 Å². The van der Waals surface area contributed by atoms with Crippen molar-refractivity contribution in [1.29, 1.82) is 0 Å². The van der Waals surface area contributed by atoms with E-state index in [-0.39, 0.29) is 23.0 Å². The van der Waals surface area contributed by atoms with Crippen LogP contribution in [-0.2, 0) is 20.7 Å². The van der Waals surface area contributed by atoms with E-state index in [2.05, 4.69) is 5.32 Å². The van der Waals surface area contributed by atoms with Gasteiger partial charge in [-0.1, -0.05) is 31.2 Å². The molecule has 3 rings (SSSR count). The van der Waals surface area contributed by atoms with E-state index in [1.807, 2.05) is 19.1 Å². The van der Waals surface area contributed by atoms with Crippen molar-refractivity contribution in [2.75, 3.05) is 0 Å². The lowest BCUT2D eigenvalue weighted by Crippen LogP contribution is -2.49. The van der Waals surface area contributed by atoms with Gasteiger partial charge < -0.3 is 10.1 Å². The fourth-order valence-electron chi connectivity index (χ4n) is 3.02. The highest BCUT2D eigenvalue weighted by Crippen LogP contribution is 2.34. The zero-order chi connectivity index (χ0) is 15.9. The van der Waals surface area contributed by atoms with Crippen LogP contribution in [0.4, 0.5) is 0 Å². The number of Topliss-reactive ketones (excluding diaryl/α,β-unsaturated/α-hetero) is 2. The van der Waals surface area contributed by atoms with Crippen LogP contribution in [0.1, 0.15) is 36.2 Å². The van der Waals surface area contributed by atoms with E-state index in [9.17, 15) is 14.4 Å². The third-order valence-corrected chi connectivity index (χ3v) is 4.05. The van der Waals surface area contributed by atoms with E-state index in [4.69, 9.17) is 4.74 Å². The van der Waals surface area contributed by atoms with Gasteiger partial charge in [-0.25, -0.2) is 0 Å². The summed E-state index contributed by atoms with van der Waals surface area (Å²) in [5, 5.41) is 2.69. The van der Waals surface area contributed by atoms with Crippen LogP contribution in [0.15, 0.2) is 35.4 Å². The molecule has 114 valence electrons. The van der Waals surface area contributed by atoms with Gasteiger partial charge in [-0.05, 0) is 24.0 Å². The first-order valence-electron chi connectivity index (χ1n) is 7.35. The van der Waals surface area contributed by atoms with Gasteiger partial charge in [0.25, 0.3) is 0 Å². The molecule has 1 aromatic carbocycles. The minimum absolute atomic E-state index is 0.190. The number of ether oxygens (including phenoxy) is 1. The molecule has 1 aromatic rings. The maximum atomic E-state index is 12.7. The van der Waals surface area contributed by atoms with Gasteiger partial charge in [-0.2, -0.15) is 0 Å². The SMILES string of the molecule is CCC1OC(NC(C)=O)C2=C(C(=O)c3ccccc3C2)C1=O. The molecule has 0 fully saturated rings. The average molecular weight is 299 g/mol. The fourth-order valence-corrected chi connectivity index (χ4v) is 3.02. The predicted octanol–water partition coefficient (Wildman–Crippen LogP) is 1.56. The molecule has 5 nitrogen and oxygen atoms in total. The van der Waals surface area contributed by atoms with Gasteiger partial charge in [-0.15, -0.1) is 0 Å². The van der Waals surface area contributed by atoms with Gasteiger partial charge >= 0.3 is 0 Å². The number of carbonyl (C=O) groups is 3. The van der Waals surface area contributed by atoms with E-state index in [1.54, 1.807) is 12.1 Å². The van der Waals surface area contributed by atoms with Crippen LogP contribution in [-0.4, -0.2) is 29.8 Å². The molecule has 0 bridgehead atoms. The summed E-state index contributed by atoms with van der Waals surface area (Å²) in [5.74, 6) is -0.801. The largest absolute Gasteiger partial charge is 0.343 e. The van der Waals surface area contributed by atoms with Crippen LogP contribution in [0.25, 0.3) is 0 Å². The lowest BCUT2D eigenvalue weighted by molar-refractivity contribution is -0.137. The molecule has 0 spiro atoms. The number of ketones is 2. The van der Waals surface area contributed by atoms with Gasteiger partial charge in [0, 0.05) is 12.5 Å². The second-order valence-electron chi connectivity index (χ2n) is 5.54. The molecule has 1 heterocycles. The normalized spacial score (nSPS) is 23.9. The number of carbonyl (C=O) groups excluding carboxylic acids is 3. The van der Waals surface area contributed by atoms with Crippen LogP contribution in [0.2, 0.25) is 0 Å². The summed E-state index contributed by atoms with van der Waals surface area (Å²) in [5.41, 5.74) is 2.17. The third-order valence-electron chi connectivity index (χ3n) is 4.05. The lowest BCUT2D eigenvalue weighted by atomic mass is 9.79. The molecular formula is C17H17NO4. The average Bonchev–Trinajstić information content (AvgIpc) is 2.49. The minimum atomic E-state index is -0.715. The standard InChI is InChI=1S/C17H17NO4/c1-3-13-16(21)14-12(17(22-13)18-9(2)19)8-10-6-4-5-7-11(10)15(14)20/h4-7,13,17H,3,8H2,1-2H3,(H,18,19). The number of hydrogen-bond acceptors (Lipinski definition) is 4. The van der Waals surface area contributed by atoms with E-state index >= 15 is 0 Å². The summed E-state index contributed by atoms with van der Waals surface area (Å²) in [4.78, 5) is 36.6. The maximum Gasteiger partial charge on any atom is 0.219 e. The van der Waals surface area contributed by atoms with Crippen molar-refractivity contribution in [3.05, 3.63) is 46.5 Å². The highest BCUT2D eigenvalue weighted by Gasteiger charge is 2.42. The quantitative estimate of drug-likeness (QED) is 0.841. The molecule has 2 aliphatic rings. The molecule has 2 unspecified atom stereocenters. The van der Waals surface area contributed by atoms with Gasteiger partial charge in [0.15, 0.2) is 17.8 Å². The predicted molar refractivity (Wildman–Crippen MR) is 79.3 cm³/mol. The summed E-state index contributed by atoms with van der Waals surface area (Å²) < 4.78 is 5.70.